The molecule has 0 atom stereocenters. The van der Waals surface area contributed by atoms with Gasteiger partial charge in [0.1, 0.15) is 5.75 Å². The Labute approximate surface area is 117 Å². The lowest BCUT2D eigenvalue weighted by atomic mass is 10.2. The van der Waals surface area contributed by atoms with E-state index in [-0.39, 0.29) is 19.1 Å². The van der Waals surface area contributed by atoms with E-state index in [2.05, 4.69) is 5.32 Å². The number of nitrogens with two attached hydrogens (primary N) is 1. The molecule has 2 aromatic carbocycles. The van der Waals surface area contributed by atoms with Gasteiger partial charge in [0.2, 0.25) is 0 Å². The fourth-order valence-corrected chi connectivity index (χ4v) is 1.65. The van der Waals surface area contributed by atoms with Gasteiger partial charge in [0, 0.05) is 5.69 Å². The Balaban J connectivity index is 1.87. The van der Waals surface area contributed by atoms with E-state index in [0.717, 1.165) is 5.56 Å². The van der Waals surface area contributed by atoms with Gasteiger partial charge < -0.3 is 20.9 Å². The third-order valence-electron chi connectivity index (χ3n) is 2.70. The minimum Gasteiger partial charge on any atom is -0.482 e. The number of aliphatic hydroxyl groups is 1. The van der Waals surface area contributed by atoms with Gasteiger partial charge in [-0.25, -0.2) is 0 Å². The van der Waals surface area contributed by atoms with Crippen LogP contribution in [0.15, 0.2) is 48.5 Å². The van der Waals surface area contributed by atoms with Crippen molar-refractivity contribution in [2.24, 2.45) is 0 Å². The van der Waals surface area contributed by atoms with Crippen molar-refractivity contribution in [1.82, 2.24) is 0 Å². The maximum absolute atomic E-state index is 11.7. The number of ether oxygens (including phenoxy) is 1. The number of carbonyl (C=O) groups is 1. The van der Waals surface area contributed by atoms with Gasteiger partial charge >= 0.3 is 0 Å². The van der Waals surface area contributed by atoms with Crippen molar-refractivity contribution >= 4 is 17.3 Å². The van der Waals surface area contributed by atoms with Gasteiger partial charge in [-0.2, -0.15) is 0 Å². The number of rotatable bonds is 5. The SMILES string of the molecule is Nc1ccccc1OCC(=O)Nc1ccc(CO)cc1. The summed E-state index contributed by atoms with van der Waals surface area (Å²) < 4.78 is 5.34. The molecule has 104 valence electrons. The van der Waals surface area contributed by atoms with Gasteiger partial charge in [-0.1, -0.05) is 24.3 Å². The molecule has 5 nitrogen and oxygen atoms in total. The molecular weight excluding hydrogens is 256 g/mol. The predicted octanol–water partition coefficient (Wildman–Crippen LogP) is 1.78. The summed E-state index contributed by atoms with van der Waals surface area (Å²) in [5, 5.41) is 11.6. The molecule has 0 fully saturated rings. The third kappa shape index (κ3) is 3.73. The summed E-state index contributed by atoms with van der Waals surface area (Å²) in [5.41, 5.74) is 7.64. The topological polar surface area (TPSA) is 84.6 Å². The monoisotopic (exact) mass is 272 g/mol. The largest absolute Gasteiger partial charge is 0.482 e. The first-order valence-corrected chi connectivity index (χ1v) is 6.16. The molecule has 0 saturated carbocycles. The maximum Gasteiger partial charge on any atom is 0.262 e. The van der Waals surface area contributed by atoms with Gasteiger partial charge in [-0.15, -0.1) is 0 Å². The first-order chi connectivity index (χ1) is 9.69. The molecule has 2 aromatic rings. The van der Waals surface area contributed by atoms with Gasteiger partial charge in [0.15, 0.2) is 6.61 Å². The number of nitrogen functional groups attached to an aromatic ring is 1. The number of nitrogens with one attached hydrogen (secondary N) is 1. The van der Waals surface area contributed by atoms with E-state index in [1.165, 1.54) is 0 Å². The summed E-state index contributed by atoms with van der Waals surface area (Å²) in [5.74, 6) is 0.211. The number of anilines is 2. The quantitative estimate of drug-likeness (QED) is 0.724. The maximum atomic E-state index is 11.7. The first kappa shape index (κ1) is 13.9. The summed E-state index contributed by atoms with van der Waals surface area (Å²) in [7, 11) is 0. The molecule has 1 amide bonds. The second-order valence-electron chi connectivity index (χ2n) is 4.23. The molecule has 0 aliphatic heterocycles. The van der Waals surface area contributed by atoms with Crippen molar-refractivity contribution in [3.8, 4) is 5.75 Å². The molecule has 20 heavy (non-hydrogen) atoms. The van der Waals surface area contributed by atoms with E-state index in [9.17, 15) is 4.79 Å². The molecule has 0 saturated heterocycles. The highest BCUT2D eigenvalue weighted by atomic mass is 16.5. The number of benzene rings is 2. The van der Waals surface area contributed by atoms with E-state index in [1.807, 2.05) is 0 Å². The summed E-state index contributed by atoms with van der Waals surface area (Å²) in [6.07, 6.45) is 0. The van der Waals surface area contributed by atoms with Crippen LogP contribution in [-0.4, -0.2) is 17.6 Å². The zero-order valence-electron chi connectivity index (χ0n) is 10.9. The number of hydrogen-bond donors (Lipinski definition) is 3. The van der Waals surface area contributed by atoms with Crippen LogP contribution >= 0.6 is 0 Å². The fourth-order valence-electron chi connectivity index (χ4n) is 1.65. The summed E-state index contributed by atoms with van der Waals surface area (Å²) >= 11 is 0. The number of para-hydroxylation sites is 2. The molecular formula is C15H16N2O3. The summed E-state index contributed by atoms with van der Waals surface area (Å²) in [6, 6.07) is 13.9. The molecule has 0 unspecified atom stereocenters. The molecule has 0 heterocycles. The van der Waals surface area contributed by atoms with Crippen molar-refractivity contribution in [2.45, 2.75) is 6.61 Å². The van der Waals surface area contributed by atoms with Crippen molar-refractivity contribution < 1.29 is 14.6 Å². The lowest BCUT2D eigenvalue weighted by Gasteiger charge is -2.09. The minimum absolute atomic E-state index is 0.0232. The Kier molecular flexibility index (Phi) is 4.57. The summed E-state index contributed by atoms with van der Waals surface area (Å²) in [4.78, 5) is 11.7. The highest BCUT2D eigenvalue weighted by Crippen LogP contribution is 2.19. The van der Waals surface area contributed by atoms with E-state index >= 15 is 0 Å². The van der Waals surface area contributed by atoms with Crippen LogP contribution < -0.4 is 15.8 Å². The van der Waals surface area contributed by atoms with Crippen LogP contribution in [0.3, 0.4) is 0 Å². The Morgan fingerprint density at radius 1 is 1.15 bits per heavy atom. The van der Waals surface area contributed by atoms with Crippen LogP contribution in [0.1, 0.15) is 5.56 Å². The van der Waals surface area contributed by atoms with E-state index in [4.69, 9.17) is 15.6 Å². The second-order valence-corrected chi connectivity index (χ2v) is 4.23. The van der Waals surface area contributed by atoms with Crippen LogP contribution in [0.5, 0.6) is 5.75 Å². The first-order valence-electron chi connectivity index (χ1n) is 6.16. The van der Waals surface area contributed by atoms with Gasteiger partial charge in [-0.05, 0) is 29.8 Å². The Hall–Kier alpha value is -2.53. The van der Waals surface area contributed by atoms with Gasteiger partial charge in [0.25, 0.3) is 5.91 Å². The number of aliphatic hydroxyl groups excluding tert-OH is 1. The highest BCUT2D eigenvalue weighted by molar-refractivity contribution is 5.91. The Morgan fingerprint density at radius 2 is 1.85 bits per heavy atom. The molecule has 0 aromatic heterocycles. The Morgan fingerprint density at radius 3 is 2.50 bits per heavy atom. The zero-order valence-corrected chi connectivity index (χ0v) is 10.9. The average molecular weight is 272 g/mol. The molecule has 5 heteroatoms. The van der Waals surface area contributed by atoms with Crippen LogP contribution in [0.4, 0.5) is 11.4 Å². The zero-order chi connectivity index (χ0) is 14.4. The number of amides is 1. The van der Waals surface area contributed by atoms with E-state index in [1.54, 1.807) is 48.5 Å². The lowest BCUT2D eigenvalue weighted by Crippen LogP contribution is -2.20. The van der Waals surface area contributed by atoms with Gasteiger partial charge in [0.05, 0.1) is 12.3 Å². The average Bonchev–Trinajstić information content (AvgIpc) is 2.47. The summed E-state index contributed by atoms with van der Waals surface area (Å²) in [6.45, 7) is -0.138. The molecule has 0 radical (unpaired) electrons. The molecule has 0 aliphatic rings. The smallest absolute Gasteiger partial charge is 0.262 e. The Bertz CT molecular complexity index is 582. The van der Waals surface area contributed by atoms with Crippen molar-refractivity contribution in [3.63, 3.8) is 0 Å². The molecule has 0 bridgehead atoms. The van der Waals surface area contributed by atoms with Crippen molar-refractivity contribution in [2.75, 3.05) is 17.7 Å². The minimum atomic E-state index is -0.273. The normalized spacial score (nSPS) is 10.1. The van der Waals surface area contributed by atoms with Crippen LogP contribution in [0.2, 0.25) is 0 Å². The standard InChI is InChI=1S/C15H16N2O3/c16-13-3-1-2-4-14(13)20-10-15(19)17-12-7-5-11(9-18)6-8-12/h1-8,18H,9-10,16H2,(H,17,19). The van der Waals surface area contributed by atoms with E-state index < -0.39 is 0 Å². The van der Waals surface area contributed by atoms with Crippen molar-refractivity contribution in [1.29, 1.82) is 0 Å². The highest BCUT2D eigenvalue weighted by Gasteiger charge is 2.05. The number of hydrogen-bond acceptors (Lipinski definition) is 4. The molecule has 0 spiro atoms. The van der Waals surface area contributed by atoms with Crippen LogP contribution in [0, 0.1) is 0 Å². The molecule has 4 N–H and O–H groups in total. The number of carbonyl (C=O) groups excluding carboxylic acids is 1. The third-order valence-corrected chi connectivity index (χ3v) is 2.70. The van der Waals surface area contributed by atoms with Crippen LogP contribution in [0.25, 0.3) is 0 Å². The fraction of sp³-hybridized carbons (Fsp3) is 0.133. The molecule has 2 rings (SSSR count). The van der Waals surface area contributed by atoms with E-state index in [0.29, 0.717) is 17.1 Å². The lowest BCUT2D eigenvalue weighted by molar-refractivity contribution is -0.118. The van der Waals surface area contributed by atoms with Crippen LogP contribution in [-0.2, 0) is 11.4 Å². The predicted molar refractivity (Wildman–Crippen MR) is 77.3 cm³/mol. The second kappa shape index (κ2) is 6.58. The molecule has 0 aliphatic carbocycles. The van der Waals surface area contributed by atoms with Gasteiger partial charge in [-0.3, -0.25) is 4.79 Å². The van der Waals surface area contributed by atoms with Crippen molar-refractivity contribution in [3.05, 3.63) is 54.1 Å².